The van der Waals surface area contributed by atoms with E-state index in [0.717, 1.165) is 30.5 Å². The number of H-pyrrole nitrogens is 1. The van der Waals surface area contributed by atoms with Crippen LogP contribution in [0.2, 0.25) is 0 Å². The van der Waals surface area contributed by atoms with Crippen molar-refractivity contribution in [1.29, 1.82) is 0 Å². The lowest BCUT2D eigenvalue weighted by molar-refractivity contribution is -0.136. The van der Waals surface area contributed by atoms with E-state index >= 15 is 0 Å². The zero-order valence-electron chi connectivity index (χ0n) is 14.6. The number of benzene rings is 1. The van der Waals surface area contributed by atoms with Gasteiger partial charge in [0.2, 0.25) is 5.91 Å². The summed E-state index contributed by atoms with van der Waals surface area (Å²) < 4.78 is 10.3. The van der Waals surface area contributed by atoms with Crippen molar-refractivity contribution in [1.82, 2.24) is 9.88 Å². The second-order valence-corrected chi connectivity index (χ2v) is 7.66. The van der Waals surface area contributed by atoms with Gasteiger partial charge in [0.25, 0.3) is 0 Å². The van der Waals surface area contributed by atoms with Crippen molar-refractivity contribution < 1.29 is 19.1 Å². The number of cyclic esters (lactones) is 1. The van der Waals surface area contributed by atoms with E-state index in [2.05, 4.69) is 23.2 Å². The molecular weight excluding hydrogens is 332 g/mol. The van der Waals surface area contributed by atoms with Crippen molar-refractivity contribution in [3.8, 4) is 0 Å². The van der Waals surface area contributed by atoms with Crippen LogP contribution in [0.5, 0.6) is 0 Å². The number of carbonyl (C=O) groups excluding carboxylic acids is 2. The van der Waals surface area contributed by atoms with Gasteiger partial charge in [0.1, 0.15) is 6.61 Å². The molecule has 0 saturated carbocycles. The van der Waals surface area contributed by atoms with Gasteiger partial charge in [0.05, 0.1) is 5.92 Å². The molecular formula is C20H22N2O4. The predicted molar refractivity (Wildman–Crippen MR) is 95.0 cm³/mol. The lowest BCUT2D eigenvalue weighted by Crippen LogP contribution is -2.49. The number of rotatable bonds is 1. The van der Waals surface area contributed by atoms with Crippen LogP contribution in [-0.4, -0.2) is 47.2 Å². The van der Waals surface area contributed by atoms with Gasteiger partial charge in [-0.3, -0.25) is 4.79 Å². The van der Waals surface area contributed by atoms with Crippen LogP contribution in [0, 0.1) is 0 Å². The molecule has 2 aromatic rings. The van der Waals surface area contributed by atoms with E-state index in [0.29, 0.717) is 32.5 Å². The van der Waals surface area contributed by atoms with Crippen LogP contribution in [0.4, 0.5) is 4.79 Å². The summed E-state index contributed by atoms with van der Waals surface area (Å²) in [6.07, 6.45) is 3.67. The summed E-state index contributed by atoms with van der Waals surface area (Å²) in [4.78, 5) is 29.9. The van der Waals surface area contributed by atoms with Crippen LogP contribution >= 0.6 is 0 Å². The molecule has 0 bridgehead atoms. The highest BCUT2D eigenvalue weighted by molar-refractivity contribution is 5.90. The number of amides is 1. The number of aromatic nitrogens is 1. The van der Waals surface area contributed by atoms with Crippen molar-refractivity contribution in [2.24, 2.45) is 0 Å². The van der Waals surface area contributed by atoms with Gasteiger partial charge < -0.3 is 19.4 Å². The minimum atomic E-state index is -0.584. The van der Waals surface area contributed by atoms with Crippen molar-refractivity contribution in [2.75, 3.05) is 19.7 Å². The number of ether oxygens (including phenoxy) is 2. The first-order valence-corrected chi connectivity index (χ1v) is 9.39. The van der Waals surface area contributed by atoms with Gasteiger partial charge in [-0.15, -0.1) is 0 Å². The SMILES string of the molecule is O=C1OCC2(CCN(C(=O)[C@H]3CCCc4c3[nH]c3ccccc43)CC2)O1. The molecule has 136 valence electrons. The smallest absolute Gasteiger partial charge is 0.430 e. The number of hydrogen-bond donors (Lipinski definition) is 1. The summed E-state index contributed by atoms with van der Waals surface area (Å²) in [5, 5.41) is 1.24. The number of nitrogens with zero attached hydrogens (tertiary/aromatic N) is 1. The highest BCUT2D eigenvalue weighted by Gasteiger charge is 2.46. The summed E-state index contributed by atoms with van der Waals surface area (Å²) in [7, 11) is 0. The second-order valence-electron chi connectivity index (χ2n) is 7.66. The standard InChI is InChI=1S/C20H22N2O4/c23-18(22-10-8-20(9-11-22)12-25-19(24)26-20)15-6-3-5-14-13-4-1-2-7-16(13)21-17(14)15/h1-2,4,7,15,21H,3,5-6,8-12H2/t15-/m0/s1. The maximum Gasteiger partial charge on any atom is 0.509 e. The zero-order valence-corrected chi connectivity index (χ0v) is 14.6. The van der Waals surface area contributed by atoms with Gasteiger partial charge in [0, 0.05) is 42.5 Å². The van der Waals surface area contributed by atoms with Crippen molar-refractivity contribution in [3.63, 3.8) is 0 Å². The molecule has 1 atom stereocenters. The molecule has 6 heteroatoms. The normalized spacial score (nSPS) is 24.4. The molecule has 1 aromatic carbocycles. The number of likely N-dealkylation sites (tertiary alicyclic amines) is 1. The van der Waals surface area contributed by atoms with E-state index in [1.807, 2.05) is 11.0 Å². The Morgan fingerprint density at radius 1 is 1.23 bits per heavy atom. The maximum atomic E-state index is 13.2. The van der Waals surface area contributed by atoms with Crippen LogP contribution in [0.25, 0.3) is 10.9 Å². The first-order valence-electron chi connectivity index (χ1n) is 9.39. The molecule has 2 saturated heterocycles. The highest BCUT2D eigenvalue weighted by atomic mass is 16.8. The van der Waals surface area contributed by atoms with E-state index in [1.165, 1.54) is 10.9 Å². The molecule has 1 N–H and O–H groups in total. The van der Waals surface area contributed by atoms with Crippen LogP contribution in [-0.2, 0) is 20.7 Å². The largest absolute Gasteiger partial charge is 0.509 e. The zero-order chi connectivity index (χ0) is 17.7. The Kier molecular flexibility index (Phi) is 3.48. The van der Waals surface area contributed by atoms with Gasteiger partial charge in [0.15, 0.2) is 5.60 Å². The molecule has 2 fully saturated rings. The van der Waals surface area contributed by atoms with E-state index in [4.69, 9.17) is 9.47 Å². The number of carbonyl (C=O) groups is 2. The van der Waals surface area contributed by atoms with Crippen LogP contribution in [0.3, 0.4) is 0 Å². The van der Waals surface area contributed by atoms with Gasteiger partial charge in [-0.1, -0.05) is 18.2 Å². The van der Waals surface area contributed by atoms with Crippen LogP contribution in [0.1, 0.15) is 42.9 Å². The van der Waals surface area contributed by atoms with Gasteiger partial charge >= 0.3 is 6.16 Å². The third-order valence-electron chi connectivity index (χ3n) is 6.15. The summed E-state index contributed by atoms with van der Waals surface area (Å²) in [5.41, 5.74) is 2.99. The van der Waals surface area contributed by atoms with Gasteiger partial charge in [-0.05, 0) is 30.9 Å². The third-order valence-corrected chi connectivity index (χ3v) is 6.15. The Bertz CT molecular complexity index is 879. The first kappa shape index (κ1) is 15.7. The Morgan fingerprint density at radius 3 is 2.81 bits per heavy atom. The Balaban J connectivity index is 1.37. The number of nitrogens with one attached hydrogen (secondary N) is 1. The minimum absolute atomic E-state index is 0.0948. The fraction of sp³-hybridized carbons (Fsp3) is 0.500. The predicted octanol–water partition coefficient (Wildman–Crippen LogP) is 3.12. The molecule has 3 aliphatic rings. The number of para-hydroxylation sites is 1. The van der Waals surface area contributed by atoms with E-state index < -0.39 is 11.8 Å². The van der Waals surface area contributed by atoms with E-state index in [-0.39, 0.29) is 11.8 Å². The van der Waals surface area contributed by atoms with Crippen molar-refractivity contribution in [3.05, 3.63) is 35.5 Å². The molecule has 3 heterocycles. The average molecular weight is 354 g/mol. The molecule has 1 amide bonds. The summed E-state index contributed by atoms with van der Waals surface area (Å²) >= 11 is 0. The molecule has 6 nitrogen and oxygen atoms in total. The Labute approximate surface area is 151 Å². The first-order chi connectivity index (χ1) is 12.7. The van der Waals surface area contributed by atoms with E-state index in [9.17, 15) is 9.59 Å². The number of hydrogen-bond acceptors (Lipinski definition) is 4. The summed E-state index contributed by atoms with van der Waals surface area (Å²) in [5.74, 6) is 0.0974. The molecule has 0 unspecified atom stereocenters. The number of fused-ring (bicyclic) bond motifs is 3. The lowest BCUT2D eigenvalue weighted by atomic mass is 9.84. The lowest BCUT2D eigenvalue weighted by Gasteiger charge is -2.38. The summed E-state index contributed by atoms with van der Waals surface area (Å²) in [6, 6.07) is 8.29. The van der Waals surface area contributed by atoms with Gasteiger partial charge in [-0.25, -0.2) is 4.79 Å². The van der Waals surface area contributed by atoms with E-state index in [1.54, 1.807) is 0 Å². The molecule has 1 aromatic heterocycles. The fourth-order valence-electron chi connectivity index (χ4n) is 4.69. The van der Waals surface area contributed by atoms with Gasteiger partial charge in [-0.2, -0.15) is 0 Å². The number of aromatic amines is 1. The third kappa shape index (κ3) is 2.39. The van der Waals surface area contributed by atoms with Crippen molar-refractivity contribution in [2.45, 2.75) is 43.6 Å². The molecule has 1 spiro atoms. The maximum absolute atomic E-state index is 13.2. The molecule has 5 rings (SSSR count). The van der Waals surface area contributed by atoms with Crippen molar-refractivity contribution >= 4 is 23.0 Å². The monoisotopic (exact) mass is 354 g/mol. The quantitative estimate of drug-likeness (QED) is 0.799. The average Bonchev–Trinajstić information content (AvgIpc) is 3.22. The van der Waals surface area contributed by atoms with Crippen LogP contribution < -0.4 is 0 Å². The minimum Gasteiger partial charge on any atom is -0.430 e. The van der Waals surface area contributed by atoms with Crippen LogP contribution in [0.15, 0.2) is 24.3 Å². The molecule has 26 heavy (non-hydrogen) atoms. The topological polar surface area (TPSA) is 71.6 Å². The Hall–Kier alpha value is -2.50. The Morgan fingerprint density at radius 2 is 2.04 bits per heavy atom. The summed E-state index contributed by atoms with van der Waals surface area (Å²) in [6.45, 7) is 1.53. The number of piperidine rings is 1. The number of aryl methyl sites for hydroxylation is 1. The second kappa shape index (κ2) is 5.76. The molecule has 1 aliphatic carbocycles. The molecule has 2 aliphatic heterocycles. The fourth-order valence-corrected chi connectivity index (χ4v) is 4.69. The highest BCUT2D eigenvalue weighted by Crippen LogP contribution is 2.38. The molecule has 0 radical (unpaired) electrons.